The maximum absolute atomic E-state index is 4.34. The fourth-order valence-corrected chi connectivity index (χ4v) is 2.37. The molecule has 0 radical (unpaired) electrons. The predicted octanol–water partition coefficient (Wildman–Crippen LogP) is 0.437. The van der Waals surface area contributed by atoms with Crippen LogP contribution in [0.3, 0.4) is 0 Å². The van der Waals surface area contributed by atoms with E-state index in [0.717, 1.165) is 17.9 Å². The molecule has 0 aromatic rings. The van der Waals surface area contributed by atoms with E-state index in [1.54, 1.807) is 0 Å². The number of hydrogen-bond acceptors (Lipinski definition) is 2. The van der Waals surface area contributed by atoms with Crippen LogP contribution in [0.25, 0.3) is 0 Å². The van der Waals surface area contributed by atoms with Crippen LogP contribution >= 0.6 is 0 Å². The zero-order chi connectivity index (χ0) is 6.55. The highest BCUT2D eigenvalue weighted by atomic mass is 15.0. The number of rotatable bonds is 0. The van der Waals surface area contributed by atoms with Crippen LogP contribution in [0.1, 0.15) is 12.8 Å². The fraction of sp³-hybridized carbons (Fsp3) is 0.875. The van der Waals surface area contributed by atoms with Crippen molar-refractivity contribution < 1.29 is 0 Å². The molecule has 2 heterocycles. The van der Waals surface area contributed by atoms with Gasteiger partial charge in [-0.05, 0) is 25.3 Å². The monoisotopic (exact) mass is 136 g/mol. The smallest absolute Gasteiger partial charge is 0.0588 e. The molecule has 2 heteroatoms. The van der Waals surface area contributed by atoms with Crippen molar-refractivity contribution in [3.63, 3.8) is 0 Å². The Morgan fingerprint density at radius 1 is 1.40 bits per heavy atom. The van der Waals surface area contributed by atoms with E-state index < -0.39 is 0 Å². The van der Waals surface area contributed by atoms with Crippen molar-refractivity contribution in [2.45, 2.75) is 24.9 Å². The van der Waals surface area contributed by atoms with E-state index >= 15 is 0 Å². The van der Waals surface area contributed by atoms with Gasteiger partial charge in [-0.25, -0.2) is 0 Å². The van der Waals surface area contributed by atoms with Crippen LogP contribution in [0.4, 0.5) is 0 Å². The van der Waals surface area contributed by atoms with E-state index in [1.807, 2.05) is 0 Å². The lowest BCUT2D eigenvalue weighted by Crippen LogP contribution is -2.60. The predicted molar refractivity (Wildman–Crippen MR) is 40.3 cm³/mol. The molecule has 2 aliphatic heterocycles. The van der Waals surface area contributed by atoms with Crippen molar-refractivity contribution in [3.8, 4) is 0 Å². The van der Waals surface area contributed by atoms with Gasteiger partial charge in [-0.3, -0.25) is 4.99 Å². The molecule has 0 aromatic carbocycles. The minimum absolute atomic E-state index is 0.703. The first-order chi connectivity index (χ1) is 4.93. The molecule has 3 rings (SSSR count). The summed E-state index contributed by atoms with van der Waals surface area (Å²) in [4.78, 5) is 4.34. The van der Waals surface area contributed by atoms with Crippen molar-refractivity contribution in [2.75, 3.05) is 6.54 Å². The van der Waals surface area contributed by atoms with Crippen molar-refractivity contribution in [3.05, 3.63) is 0 Å². The summed E-state index contributed by atoms with van der Waals surface area (Å²) in [5.74, 6) is 1.86. The summed E-state index contributed by atoms with van der Waals surface area (Å²) in [7, 11) is 0. The van der Waals surface area contributed by atoms with Crippen molar-refractivity contribution >= 4 is 6.21 Å². The summed E-state index contributed by atoms with van der Waals surface area (Å²) < 4.78 is 0. The lowest BCUT2D eigenvalue weighted by Gasteiger charge is -2.49. The fourth-order valence-electron chi connectivity index (χ4n) is 2.37. The Balaban J connectivity index is 1.80. The molecular formula is C8H12N2. The molecule has 4 atom stereocenters. The highest BCUT2D eigenvalue weighted by Gasteiger charge is 2.43. The van der Waals surface area contributed by atoms with Crippen molar-refractivity contribution in [2.24, 2.45) is 16.8 Å². The Hall–Kier alpha value is -0.370. The Morgan fingerprint density at radius 3 is 2.90 bits per heavy atom. The standard InChI is InChI=1S/C8H12N2/c1-5-3-9-7(5)2-8-6(1)4-10-8/h3,5-8,10H,1-2,4H2. The zero-order valence-electron chi connectivity index (χ0n) is 5.96. The molecule has 1 N–H and O–H groups in total. The quantitative estimate of drug-likeness (QED) is 0.513. The summed E-state index contributed by atoms with van der Waals surface area (Å²) in [5.41, 5.74) is 0. The van der Waals surface area contributed by atoms with Gasteiger partial charge in [-0.1, -0.05) is 0 Å². The van der Waals surface area contributed by atoms with Gasteiger partial charge in [0.2, 0.25) is 0 Å². The van der Waals surface area contributed by atoms with Gasteiger partial charge in [-0.2, -0.15) is 0 Å². The molecule has 3 aliphatic rings. The summed E-state index contributed by atoms with van der Waals surface area (Å²) in [6.45, 7) is 1.27. The molecule has 0 aromatic heterocycles. The molecule has 1 aliphatic carbocycles. The second-order valence-electron chi connectivity index (χ2n) is 3.78. The number of aliphatic imine (C=N–C) groups is 1. The SMILES string of the molecule is C1=NC2CC3NCC3CC12. The summed E-state index contributed by atoms with van der Waals surface area (Å²) in [6.07, 6.45) is 4.87. The average Bonchev–Trinajstić information content (AvgIpc) is 1.82. The second kappa shape index (κ2) is 1.62. The van der Waals surface area contributed by atoms with E-state index in [0.29, 0.717) is 6.04 Å². The lowest BCUT2D eigenvalue weighted by atomic mass is 9.69. The summed E-state index contributed by atoms with van der Waals surface area (Å²) >= 11 is 0. The van der Waals surface area contributed by atoms with Gasteiger partial charge in [0.15, 0.2) is 0 Å². The van der Waals surface area contributed by atoms with Gasteiger partial charge in [-0.15, -0.1) is 0 Å². The molecule has 2 fully saturated rings. The first kappa shape index (κ1) is 5.30. The first-order valence-corrected chi connectivity index (χ1v) is 4.20. The molecule has 4 unspecified atom stereocenters. The van der Waals surface area contributed by atoms with Gasteiger partial charge < -0.3 is 5.32 Å². The Morgan fingerprint density at radius 2 is 2.40 bits per heavy atom. The third-order valence-corrected chi connectivity index (χ3v) is 3.24. The molecular weight excluding hydrogens is 124 g/mol. The third-order valence-electron chi connectivity index (χ3n) is 3.24. The minimum atomic E-state index is 0.703. The van der Waals surface area contributed by atoms with Crippen LogP contribution in [0.15, 0.2) is 4.99 Å². The number of nitrogens with one attached hydrogen (secondary N) is 1. The van der Waals surface area contributed by atoms with Gasteiger partial charge in [0.1, 0.15) is 0 Å². The maximum Gasteiger partial charge on any atom is 0.0588 e. The van der Waals surface area contributed by atoms with E-state index in [1.165, 1.54) is 19.4 Å². The molecule has 1 saturated carbocycles. The molecule has 0 amide bonds. The largest absolute Gasteiger partial charge is 0.313 e. The van der Waals surface area contributed by atoms with Crippen molar-refractivity contribution in [1.29, 1.82) is 0 Å². The Kier molecular flexibility index (Phi) is 0.857. The minimum Gasteiger partial charge on any atom is -0.313 e. The lowest BCUT2D eigenvalue weighted by molar-refractivity contribution is 0.124. The topological polar surface area (TPSA) is 24.4 Å². The number of fused-ring (bicyclic) bond motifs is 2. The molecule has 1 saturated heterocycles. The van der Waals surface area contributed by atoms with E-state index in [9.17, 15) is 0 Å². The maximum atomic E-state index is 4.34. The second-order valence-corrected chi connectivity index (χ2v) is 3.78. The summed E-state index contributed by atoms with van der Waals surface area (Å²) in [6, 6.07) is 1.53. The van der Waals surface area contributed by atoms with Crippen LogP contribution in [-0.4, -0.2) is 24.8 Å². The van der Waals surface area contributed by atoms with Crippen LogP contribution < -0.4 is 5.32 Å². The molecule has 54 valence electrons. The molecule has 2 nitrogen and oxygen atoms in total. The third kappa shape index (κ3) is 0.511. The van der Waals surface area contributed by atoms with Gasteiger partial charge in [0, 0.05) is 18.2 Å². The van der Waals surface area contributed by atoms with E-state index in [2.05, 4.69) is 16.5 Å². The highest BCUT2D eigenvalue weighted by molar-refractivity contribution is 5.68. The summed E-state index contributed by atoms with van der Waals surface area (Å²) in [5, 5.41) is 3.46. The molecule has 0 spiro atoms. The van der Waals surface area contributed by atoms with Gasteiger partial charge in [0.05, 0.1) is 6.04 Å². The van der Waals surface area contributed by atoms with Gasteiger partial charge >= 0.3 is 0 Å². The van der Waals surface area contributed by atoms with E-state index in [4.69, 9.17) is 0 Å². The zero-order valence-corrected chi connectivity index (χ0v) is 5.96. The van der Waals surface area contributed by atoms with Crippen LogP contribution in [0.5, 0.6) is 0 Å². The van der Waals surface area contributed by atoms with Crippen LogP contribution in [-0.2, 0) is 0 Å². The number of nitrogens with zero attached hydrogens (tertiary/aromatic N) is 1. The normalized spacial score (nSPS) is 56.0. The van der Waals surface area contributed by atoms with Gasteiger partial charge in [0.25, 0.3) is 0 Å². The van der Waals surface area contributed by atoms with Crippen LogP contribution in [0, 0.1) is 11.8 Å². The number of hydrogen-bond donors (Lipinski definition) is 1. The Labute approximate surface area is 60.7 Å². The average molecular weight is 136 g/mol. The molecule has 10 heavy (non-hydrogen) atoms. The van der Waals surface area contributed by atoms with Crippen LogP contribution in [0.2, 0.25) is 0 Å². The van der Waals surface area contributed by atoms with E-state index in [-0.39, 0.29) is 0 Å². The molecule has 0 bridgehead atoms. The first-order valence-electron chi connectivity index (χ1n) is 4.20. The highest BCUT2D eigenvalue weighted by Crippen LogP contribution is 2.38. The van der Waals surface area contributed by atoms with Crippen molar-refractivity contribution in [1.82, 2.24) is 5.32 Å². The Bertz CT molecular complexity index is 168.